The van der Waals surface area contributed by atoms with Crippen LogP contribution in [0.3, 0.4) is 0 Å². The number of alkyl carbamates (subject to hydrolysis) is 1. The van der Waals surface area contributed by atoms with E-state index in [-0.39, 0.29) is 23.6 Å². The summed E-state index contributed by atoms with van der Waals surface area (Å²) >= 11 is 0. The molecule has 4 aliphatic rings. The van der Waals surface area contributed by atoms with E-state index in [0.717, 1.165) is 38.5 Å². The molecular formula is C27H42N4O5. The number of rotatable bonds is 4. The second kappa shape index (κ2) is 10.8. The van der Waals surface area contributed by atoms with E-state index in [9.17, 15) is 19.2 Å². The number of carbonyl (C=O) groups excluding carboxylic acids is 4. The Hall–Kier alpha value is -2.58. The second-order valence-corrected chi connectivity index (χ2v) is 11.9. The fourth-order valence-corrected chi connectivity index (χ4v) is 5.26. The number of hydrogen-bond donors (Lipinski definition) is 3. The minimum absolute atomic E-state index is 0.0297. The van der Waals surface area contributed by atoms with Gasteiger partial charge in [-0.3, -0.25) is 14.4 Å². The van der Waals surface area contributed by atoms with Gasteiger partial charge in [0.1, 0.15) is 23.2 Å². The maximum absolute atomic E-state index is 13.6. The third kappa shape index (κ3) is 6.59. The summed E-state index contributed by atoms with van der Waals surface area (Å²) in [6.07, 6.45) is 11.7. The smallest absolute Gasteiger partial charge is 0.408 e. The number of nitrogens with one attached hydrogen (secondary N) is 3. The van der Waals surface area contributed by atoms with Crippen molar-refractivity contribution in [3.8, 4) is 0 Å². The first kappa shape index (κ1) is 26.5. The topological polar surface area (TPSA) is 117 Å². The lowest BCUT2D eigenvalue weighted by Gasteiger charge is -2.30. The van der Waals surface area contributed by atoms with Gasteiger partial charge in [0.05, 0.1) is 0 Å². The van der Waals surface area contributed by atoms with Crippen molar-refractivity contribution in [2.75, 3.05) is 13.1 Å². The van der Waals surface area contributed by atoms with E-state index < -0.39 is 29.3 Å². The van der Waals surface area contributed by atoms with Crippen LogP contribution in [0.2, 0.25) is 0 Å². The third-order valence-electron chi connectivity index (χ3n) is 7.57. The molecule has 0 aromatic carbocycles. The molecule has 2 heterocycles. The lowest BCUT2D eigenvalue weighted by Crippen LogP contribution is -2.58. The van der Waals surface area contributed by atoms with Gasteiger partial charge in [0.15, 0.2) is 0 Å². The molecule has 0 spiro atoms. The monoisotopic (exact) mass is 502 g/mol. The van der Waals surface area contributed by atoms with Gasteiger partial charge in [0, 0.05) is 19.0 Å². The number of hydrogen-bond acceptors (Lipinski definition) is 5. The van der Waals surface area contributed by atoms with Gasteiger partial charge in [-0.2, -0.15) is 0 Å². The zero-order chi connectivity index (χ0) is 25.9. The fourth-order valence-electron chi connectivity index (χ4n) is 5.26. The summed E-state index contributed by atoms with van der Waals surface area (Å²) in [5.74, 6) is -0.149. The van der Waals surface area contributed by atoms with E-state index in [4.69, 9.17) is 4.74 Å². The molecule has 36 heavy (non-hydrogen) atoms. The number of amides is 4. The van der Waals surface area contributed by atoms with Crippen LogP contribution in [0.25, 0.3) is 0 Å². The molecule has 0 bridgehead atoms. The molecule has 9 nitrogen and oxygen atoms in total. The molecule has 2 aliphatic carbocycles. The van der Waals surface area contributed by atoms with Crippen molar-refractivity contribution in [3.63, 3.8) is 0 Å². The average molecular weight is 503 g/mol. The summed E-state index contributed by atoms with van der Waals surface area (Å²) in [5.41, 5.74) is -1.61. The van der Waals surface area contributed by atoms with Crippen LogP contribution in [0.15, 0.2) is 12.2 Å². The van der Waals surface area contributed by atoms with Crippen molar-refractivity contribution < 1.29 is 23.9 Å². The first-order valence-electron chi connectivity index (χ1n) is 13.7. The first-order chi connectivity index (χ1) is 17.1. The molecule has 4 amide bonds. The van der Waals surface area contributed by atoms with Crippen molar-refractivity contribution in [2.45, 2.75) is 108 Å². The van der Waals surface area contributed by atoms with E-state index in [1.54, 1.807) is 25.7 Å². The average Bonchev–Trinajstić information content (AvgIpc) is 3.70. The van der Waals surface area contributed by atoms with Crippen molar-refractivity contribution >= 4 is 23.8 Å². The van der Waals surface area contributed by atoms with Crippen molar-refractivity contribution in [2.24, 2.45) is 11.8 Å². The second-order valence-electron chi connectivity index (χ2n) is 11.9. The Morgan fingerprint density at radius 2 is 1.89 bits per heavy atom. The van der Waals surface area contributed by atoms with Crippen molar-refractivity contribution in [1.29, 1.82) is 0 Å². The van der Waals surface area contributed by atoms with Gasteiger partial charge in [-0.25, -0.2) is 4.79 Å². The Morgan fingerprint density at radius 1 is 1.11 bits per heavy atom. The maximum Gasteiger partial charge on any atom is 0.408 e. The molecule has 2 saturated carbocycles. The Kier molecular flexibility index (Phi) is 7.95. The minimum atomic E-state index is -0.936. The molecule has 0 aromatic rings. The van der Waals surface area contributed by atoms with Crippen LogP contribution in [0.4, 0.5) is 4.79 Å². The third-order valence-corrected chi connectivity index (χ3v) is 7.57. The molecule has 200 valence electrons. The van der Waals surface area contributed by atoms with Crippen LogP contribution < -0.4 is 16.0 Å². The molecule has 1 saturated heterocycles. The van der Waals surface area contributed by atoms with E-state index in [2.05, 4.69) is 28.1 Å². The molecule has 0 radical (unpaired) electrons. The van der Waals surface area contributed by atoms with Gasteiger partial charge in [-0.1, -0.05) is 25.0 Å². The highest BCUT2D eigenvalue weighted by molar-refractivity contribution is 5.98. The quantitative estimate of drug-likeness (QED) is 0.511. The molecule has 2 aliphatic heterocycles. The molecule has 9 heteroatoms. The Morgan fingerprint density at radius 3 is 2.61 bits per heavy atom. The van der Waals surface area contributed by atoms with E-state index in [1.165, 1.54) is 0 Å². The number of allylic oxidation sites excluding steroid dienone is 1. The summed E-state index contributed by atoms with van der Waals surface area (Å²) < 4.78 is 5.40. The van der Waals surface area contributed by atoms with Gasteiger partial charge < -0.3 is 25.6 Å². The Bertz CT molecular complexity index is 893. The summed E-state index contributed by atoms with van der Waals surface area (Å²) in [5, 5.41) is 8.86. The van der Waals surface area contributed by atoms with Crippen LogP contribution in [0, 0.1) is 11.8 Å². The lowest BCUT2D eigenvalue weighted by atomic mass is 10.0. The van der Waals surface area contributed by atoms with Crippen molar-refractivity contribution in [3.05, 3.63) is 12.2 Å². The summed E-state index contributed by atoms with van der Waals surface area (Å²) in [6.45, 7) is 6.44. The number of fused-ring (bicyclic) bond motifs is 2. The lowest BCUT2D eigenvalue weighted by molar-refractivity contribution is -0.141. The predicted molar refractivity (Wildman–Crippen MR) is 135 cm³/mol. The Balaban J connectivity index is 1.50. The fraction of sp³-hybridized carbons (Fsp3) is 0.778. The Labute approximate surface area is 214 Å². The molecule has 3 N–H and O–H groups in total. The standard InChI is InChI=1S/C27H42N4O5/c1-26(2,3)36-25(35)29-20-11-8-6-4-5-7-10-19-16-27(19,24(34)28-17-18-13-14-18)30-22(32)21-12-9-15-31(21)23(20)33/h7,10,18-21H,4-6,8-9,11-17H2,1-3H3,(H,28,34)(H,29,35)(H,30,32)/b10-7-/t19-,20-,21-,27+/m0/s1. The number of ether oxygens (including phenoxy) is 1. The van der Waals surface area contributed by atoms with Gasteiger partial charge in [-0.15, -0.1) is 0 Å². The van der Waals surface area contributed by atoms with E-state index in [0.29, 0.717) is 44.7 Å². The van der Waals surface area contributed by atoms with Crippen LogP contribution in [0.5, 0.6) is 0 Å². The highest BCUT2D eigenvalue weighted by Gasteiger charge is 2.60. The highest BCUT2D eigenvalue weighted by atomic mass is 16.6. The molecule has 4 atom stereocenters. The first-order valence-corrected chi connectivity index (χ1v) is 13.7. The van der Waals surface area contributed by atoms with Crippen LogP contribution >= 0.6 is 0 Å². The largest absolute Gasteiger partial charge is 0.444 e. The van der Waals surface area contributed by atoms with Crippen LogP contribution in [-0.2, 0) is 19.1 Å². The number of carbonyl (C=O) groups is 4. The highest BCUT2D eigenvalue weighted by Crippen LogP contribution is 2.45. The van der Waals surface area contributed by atoms with Gasteiger partial charge >= 0.3 is 6.09 Å². The van der Waals surface area contributed by atoms with Crippen LogP contribution in [-0.4, -0.2) is 65.0 Å². The van der Waals surface area contributed by atoms with Gasteiger partial charge in [0.2, 0.25) is 17.7 Å². The number of nitrogens with zero attached hydrogens (tertiary/aromatic N) is 1. The SMILES string of the molecule is CC(C)(C)OC(=O)N[C@H]1CCCCC/C=C\[C@H]2C[C@@]2(C(=O)NCC2CC2)NC(=O)[C@@H]2CCCN2C1=O. The van der Waals surface area contributed by atoms with E-state index >= 15 is 0 Å². The van der Waals surface area contributed by atoms with Crippen LogP contribution in [0.1, 0.15) is 85.0 Å². The summed E-state index contributed by atoms with van der Waals surface area (Å²) in [7, 11) is 0. The maximum atomic E-state index is 13.6. The predicted octanol–water partition coefficient (Wildman–Crippen LogP) is 2.79. The molecule has 3 fully saturated rings. The summed E-state index contributed by atoms with van der Waals surface area (Å²) in [4.78, 5) is 54.3. The normalized spacial score (nSPS) is 32.2. The minimum Gasteiger partial charge on any atom is -0.444 e. The summed E-state index contributed by atoms with van der Waals surface area (Å²) in [6, 6.07) is -1.40. The van der Waals surface area contributed by atoms with Gasteiger partial charge in [-0.05, 0) is 78.1 Å². The molecular weight excluding hydrogens is 460 g/mol. The van der Waals surface area contributed by atoms with E-state index in [1.807, 2.05) is 0 Å². The molecule has 0 unspecified atom stereocenters. The van der Waals surface area contributed by atoms with Gasteiger partial charge in [0.25, 0.3) is 0 Å². The molecule has 4 rings (SSSR count). The zero-order valence-electron chi connectivity index (χ0n) is 21.9. The molecule has 0 aromatic heterocycles. The zero-order valence-corrected chi connectivity index (χ0v) is 21.9. The van der Waals surface area contributed by atoms with Crippen molar-refractivity contribution in [1.82, 2.24) is 20.9 Å².